The van der Waals surface area contributed by atoms with Crippen LogP contribution in [0.2, 0.25) is 0 Å². The summed E-state index contributed by atoms with van der Waals surface area (Å²) in [6.07, 6.45) is 85.1. The maximum Gasteiger partial charge on any atom is 0.268 e. The molecule has 0 fully saturated rings. The molecule has 452 valence electrons. The van der Waals surface area contributed by atoms with E-state index < -0.39 is 26.6 Å². The minimum Gasteiger partial charge on any atom is -0.756 e. The minimum absolute atomic E-state index is 0.00874. The molecule has 0 spiro atoms. The normalized spacial score (nSPS) is 14.4. The molecule has 0 aromatic heterocycles. The highest BCUT2D eigenvalue weighted by Gasteiger charge is 2.23. The molecular formula is C69H125N2O6P. The van der Waals surface area contributed by atoms with Crippen LogP contribution in [-0.4, -0.2) is 68.5 Å². The van der Waals surface area contributed by atoms with E-state index in [0.29, 0.717) is 17.4 Å². The molecule has 0 bridgehead atoms. The number of unbranched alkanes of at least 4 members (excludes halogenated alkanes) is 32. The molecular weight excluding hydrogens is 984 g/mol. The smallest absolute Gasteiger partial charge is 0.268 e. The monoisotopic (exact) mass is 1110 g/mol. The Kier molecular flexibility index (Phi) is 57.1. The summed E-state index contributed by atoms with van der Waals surface area (Å²) < 4.78 is 23.4. The highest BCUT2D eigenvalue weighted by atomic mass is 31.2. The van der Waals surface area contributed by atoms with E-state index in [4.69, 9.17) is 9.05 Å². The number of phosphoric acid groups is 1. The summed E-state index contributed by atoms with van der Waals surface area (Å²) in [6, 6.07) is -0.909. The molecule has 0 heterocycles. The summed E-state index contributed by atoms with van der Waals surface area (Å²) in [5.41, 5.74) is 0. The molecule has 3 unspecified atom stereocenters. The number of carbonyl (C=O) groups is 1. The van der Waals surface area contributed by atoms with Gasteiger partial charge in [-0.1, -0.05) is 291 Å². The van der Waals surface area contributed by atoms with Crippen molar-refractivity contribution in [1.29, 1.82) is 0 Å². The van der Waals surface area contributed by atoms with Crippen molar-refractivity contribution < 1.29 is 32.9 Å². The van der Waals surface area contributed by atoms with E-state index in [1.807, 2.05) is 27.2 Å². The van der Waals surface area contributed by atoms with E-state index in [1.165, 1.54) is 186 Å². The number of phosphoric ester groups is 1. The molecule has 0 aromatic carbocycles. The lowest BCUT2D eigenvalue weighted by molar-refractivity contribution is -0.870. The third-order valence-corrected chi connectivity index (χ3v) is 15.2. The Labute approximate surface area is 483 Å². The lowest BCUT2D eigenvalue weighted by atomic mass is 10.0. The molecule has 8 nitrogen and oxygen atoms in total. The van der Waals surface area contributed by atoms with Crippen LogP contribution >= 0.6 is 7.82 Å². The van der Waals surface area contributed by atoms with Crippen LogP contribution < -0.4 is 10.2 Å². The predicted octanol–water partition coefficient (Wildman–Crippen LogP) is 19.9. The Morgan fingerprint density at radius 3 is 1.19 bits per heavy atom. The van der Waals surface area contributed by atoms with Gasteiger partial charge in [0, 0.05) is 6.42 Å². The maximum absolute atomic E-state index is 13.0. The number of rotatable bonds is 59. The Morgan fingerprint density at radius 2 is 0.795 bits per heavy atom. The molecule has 0 rings (SSSR count). The number of nitrogens with zero attached hydrogens (tertiary/aromatic N) is 1. The van der Waals surface area contributed by atoms with Crippen LogP contribution in [0.15, 0.2) is 97.2 Å². The first-order valence-corrected chi connectivity index (χ1v) is 34.1. The second-order valence-electron chi connectivity index (χ2n) is 23.1. The molecule has 2 N–H and O–H groups in total. The van der Waals surface area contributed by atoms with Crippen LogP contribution in [0.25, 0.3) is 0 Å². The number of allylic oxidation sites excluding steroid dienone is 15. The molecule has 0 radical (unpaired) electrons. The topological polar surface area (TPSA) is 108 Å². The van der Waals surface area contributed by atoms with Gasteiger partial charge in [0.15, 0.2) is 0 Å². The van der Waals surface area contributed by atoms with Gasteiger partial charge in [-0.25, -0.2) is 0 Å². The van der Waals surface area contributed by atoms with Crippen molar-refractivity contribution in [3.05, 3.63) is 97.2 Å². The molecule has 1 amide bonds. The third-order valence-electron chi connectivity index (χ3n) is 14.3. The average molecular weight is 1110 g/mol. The van der Waals surface area contributed by atoms with Gasteiger partial charge in [-0.05, 0) is 83.5 Å². The van der Waals surface area contributed by atoms with Crippen molar-refractivity contribution in [1.82, 2.24) is 5.32 Å². The van der Waals surface area contributed by atoms with Gasteiger partial charge in [0.2, 0.25) is 5.91 Å². The standard InChI is InChI=1S/C69H125N2O6P/c1-6-8-10-12-14-16-18-20-22-24-26-28-29-30-31-32-33-34-35-36-37-38-39-40-41-43-45-47-49-51-53-55-57-59-61-63-69(73)70-67(66-77-78(74,75)76-65-64-71(3,4)5)68(72)62-60-58-56-54-52-50-48-46-44-42-27-25-23-21-19-17-15-13-11-9-7-2/h8,10,14,16,20,22,26,28,30-31,33-34,52,54,60,62,67-68,72H,6-7,9,11-13,15,17-19,21,23-25,27,29,32,35-51,53,55-59,61,63-66H2,1-5H3,(H-,70,73,74,75)/b10-8-,16-14-,22-20-,28-26-,31-30-,34-33-,54-52+,62-60+. The predicted molar refractivity (Wildman–Crippen MR) is 339 cm³/mol. The van der Waals surface area contributed by atoms with Crippen LogP contribution in [0.3, 0.4) is 0 Å². The second kappa shape index (κ2) is 59.1. The number of likely N-dealkylation sites (N-methyl/N-ethyl adjacent to an activating group) is 1. The Morgan fingerprint density at radius 1 is 0.462 bits per heavy atom. The lowest BCUT2D eigenvalue weighted by Gasteiger charge is -2.29. The van der Waals surface area contributed by atoms with Crippen molar-refractivity contribution in [3.8, 4) is 0 Å². The molecule has 0 aliphatic rings. The number of amides is 1. The quantitative estimate of drug-likeness (QED) is 0.0272. The Balaban J connectivity index is 4.11. The van der Waals surface area contributed by atoms with E-state index in [9.17, 15) is 19.4 Å². The van der Waals surface area contributed by atoms with Gasteiger partial charge in [-0.15, -0.1) is 0 Å². The maximum atomic E-state index is 13.0. The van der Waals surface area contributed by atoms with Crippen LogP contribution in [0, 0.1) is 0 Å². The molecule has 0 aliphatic carbocycles. The van der Waals surface area contributed by atoms with Crippen molar-refractivity contribution in [2.75, 3.05) is 40.9 Å². The van der Waals surface area contributed by atoms with E-state index in [-0.39, 0.29) is 12.5 Å². The summed E-state index contributed by atoms with van der Waals surface area (Å²) >= 11 is 0. The zero-order chi connectivity index (χ0) is 57.0. The molecule has 0 aromatic rings. The SMILES string of the molecule is CC/C=C\C/C=C\C/C=C\C/C=C\C/C=C\C/C=C\CCCCCCCCCCCCCCCCCCC(=O)NC(COP(=O)([O-])OCC[N+](C)(C)C)C(O)/C=C/CC/C=C/CCCCCCCCCCCCCCCCC. The molecule has 78 heavy (non-hydrogen) atoms. The van der Waals surface area contributed by atoms with E-state index in [2.05, 4.69) is 104 Å². The van der Waals surface area contributed by atoms with Gasteiger partial charge < -0.3 is 28.8 Å². The lowest BCUT2D eigenvalue weighted by Crippen LogP contribution is -2.45. The number of hydrogen-bond acceptors (Lipinski definition) is 6. The molecule has 0 aliphatic heterocycles. The summed E-state index contributed by atoms with van der Waals surface area (Å²) in [6.45, 7) is 4.54. The Hall–Kier alpha value is -2.58. The summed E-state index contributed by atoms with van der Waals surface area (Å²) in [5.74, 6) is -0.207. The number of quaternary nitrogens is 1. The van der Waals surface area contributed by atoms with Crippen molar-refractivity contribution in [3.63, 3.8) is 0 Å². The molecule has 3 atom stereocenters. The zero-order valence-electron chi connectivity index (χ0n) is 51.6. The molecule has 0 saturated heterocycles. The van der Waals surface area contributed by atoms with Crippen molar-refractivity contribution >= 4 is 13.7 Å². The van der Waals surface area contributed by atoms with Gasteiger partial charge in [0.25, 0.3) is 7.82 Å². The molecule has 9 heteroatoms. The van der Waals surface area contributed by atoms with Crippen LogP contribution in [0.5, 0.6) is 0 Å². The minimum atomic E-state index is -4.61. The van der Waals surface area contributed by atoms with E-state index >= 15 is 0 Å². The highest BCUT2D eigenvalue weighted by Crippen LogP contribution is 2.38. The van der Waals surface area contributed by atoms with E-state index in [0.717, 1.165) is 77.0 Å². The van der Waals surface area contributed by atoms with Crippen molar-refractivity contribution in [2.24, 2.45) is 0 Å². The Bertz CT molecular complexity index is 1590. The third kappa shape index (κ3) is 61.0. The largest absolute Gasteiger partial charge is 0.756 e. The number of hydrogen-bond donors (Lipinski definition) is 2. The first-order valence-electron chi connectivity index (χ1n) is 32.6. The number of aliphatic hydroxyl groups excluding tert-OH is 1. The van der Waals surface area contributed by atoms with Gasteiger partial charge in [0.1, 0.15) is 13.2 Å². The molecule has 0 saturated carbocycles. The van der Waals surface area contributed by atoms with Crippen LogP contribution in [0.1, 0.15) is 284 Å². The fourth-order valence-corrected chi connectivity index (χ4v) is 9.96. The number of nitrogens with one attached hydrogen (secondary N) is 1. The highest BCUT2D eigenvalue weighted by molar-refractivity contribution is 7.45. The summed E-state index contributed by atoms with van der Waals surface area (Å²) in [7, 11) is 1.24. The van der Waals surface area contributed by atoms with Crippen LogP contribution in [0.4, 0.5) is 0 Å². The fraction of sp³-hybridized carbons (Fsp3) is 0.754. The van der Waals surface area contributed by atoms with Gasteiger partial charge in [0.05, 0.1) is 39.9 Å². The van der Waals surface area contributed by atoms with Crippen molar-refractivity contribution in [2.45, 2.75) is 296 Å². The average Bonchev–Trinajstić information content (AvgIpc) is 3.41. The first kappa shape index (κ1) is 75.4. The number of aliphatic hydroxyl groups is 1. The van der Waals surface area contributed by atoms with Gasteiger partial charge >= 0.3 is 0 Å². The first-order chi connectivity index (χ1) is 38.0. The second-order valence-corrected chi connectivity index (χ2v) is 24.5. The summed E-state index contributed by atoms with van der Waals surface area (Å²) in [5, 5.41) is 13.9. The van der Waals surface area contributed by atoms with Crippen LogP contribution in [-0.2, 0) is 18.4 Å². The zero-order valence-corrected chi connectivity index (χ0v) is 52.5. The van der Waals surface area contributed by atoms with Gasteiger partial charge in [-0.3, -0.25) is 9.36 Å². The van der Waals surface area contributed by atoms with Gasteiger partial charge in [-0.2, -0.15) is 0 Å². The fourth-order valence-electron chi connectivity index (χ4n) is 9.23. The summed E-state index contributed by atoms with van der Waals surface area (Å²) in [4.78, 5) is 25.6. The van der Waals surface area contributed by atoms with E-state index in [1.54, 1.807) is 6.08 Å². The number of carbonyl (C=O) groups excluding carboxylic acids is 1.